The Balaban J connectivity index is 2.27. The SMILES string of the molecule is COCC(NC(=O)NCC(C)N1CCCC1)C(=O)O. The van der Waals surface area contributed by atoms with Crippen LogP contribution in [0.3, 0.4) is 0 Å². The third-order valence-electron chi connectivity index (χ3n) is 3.26. The van der Waals surface area contributed by atoms with E-state index in [4.69, 9.17) is 9.84 Å². The Kier molecular flexibility index (Phi) is 6.58. The van der Waals surface area contributed by atoms with Crippen LogP contribution in [0.15, 0.2) is 0 Å². The van der Waals surface area contributed by atoms with E-state index in [1.54, 1.807) is 0 Å². The molecule has 2 amide bonds. The summed E-state index contributed by atoms with van der Waals surface area (Å²) in [7, 11) is 1.39. The van der Waals surface area contributed by atoms with Gasteiger partial charge in [-0.25, -0.2) is 9.59 Å². The Hall–Kier alpha value is -1.34. The van der Waals surface area contributed by atoms with Crippen molar-refractivity contribution in [2.45, 2.75) is 31.8 Å². The van der Waals surface area contributed by atoms with Crippen molar-refractivity contribution in [3.05, 3.63) is 0 Å². The summed E-state index contributed by atoms with van der Waals surface area (Å²) in [5.74, 6) is -1.11. The molecular formula is C12H23N3O4. The highest BCUT2D eigenvalue weighted by Gasteiger charge is 2.21. The number of aliphatic carboxylic acids is 1. The van der Waals surface area contributed by atoms with Crippen LogP contribution in [0.2, 0.25) is 0 Å². The Morgan fingerprint density at radius 2 is 2.00 bits per heavy atom. The molecule has 110 valence electrons. The molecule has 0 aromatic carbocycles. The van der Waals surface area contributed by atoms with Gasteiger partial charge >= 0.3 is 12.0 Å². The quantitative estimate of drug-likeness (QED) is 0.601. The summed E-state index contributed by atoms with van der Waals surface area (Å²) < 4.78 is 4.74. The minimum atomic E-state index is -1.11. The fraction of sp³-hybridized carbons (Fsp3) is 0.833. The summed E-state index contributed by atoms with van der Waals surface area (Å²) in [6, 6.07) is -1.23. The topological polar surface area (TPSA) is 90.9 Å². The molecule has 0 aromatic rings. The van der Waals surface area contributed by atoms with Crippen LogP contribution < -0.4 is 10.6 Å². The third kappa shape index (κ3) is 5.44. The number of carboxylic acid groups (broad SMARTS) is 1. The van der Waals surface area contributed by atoms with Gasteiger partial charge in [0, 0.05) is 19.7 Å². The Morgan fingerprint density at radius 3 is 2.53 bits per heavy atom. The van der Waals surface area contributed by atoms with Gasteiger partial charge in [0.2, 0.25) is 0 Å². The molecule has 2 unspecified atom stereocenters. The van der Waals surface area contributed by atoms with E-state index >= 15 is 0 Å². The van der Waals surface area contributed by atoms with Gasteiger partial charge in [-0.2, -0.15) is 0 Å². The summed E-state index contributed by atoms with van der Waals surface area (Å²) >= 11 is 0. The second-order valence-corrected chi connectivity index (χ2v) is 4.79. The Bertz CT molecular complexity index is 305. The van der Waals surface area contributed by atoms with Crippen molar-refractivity contribution in [1.29, 1.82) is 0 Å². The summed E-state index contributed by atoms with van der Waals surface area (Å²) in [6.45, 7) is 4.63. The molecule has 7 heteroatoms. The van der Waals surface area contributed by atoms with Gasteiger partial charge in [0.15, 0.2) is 6.04 Å². The van der Waals surface area contributed by atoms with Crippen molar-refractivity contribution < 1.29 is 19.4 Å². The summed E-state index contributed by atoms with van der Waals surface area (Å²) in [6.07, 6.45) is 2.40. The standard InChI is InChI=1S/C12H23N3O4/c1-9(15-5-3-4-6-15)7-13-12(18)14-10(8-19-2)11(16)17/h9-10H,3-8H2,1-2H3,(H,16,17)(H2,13,14,18). The van der Waals surface area contributed by atoms with Gasteiger partial charge in [0.1, 0.15) is 0 Å². The minimum Gasteiger partial charge on any atom is -0.480 e. The number of carbonyl (C=O) groups is 2. The smallest absolute Gasteiger partial charge is 0.328 e. The second kappa shape index (κ2) is 7.96. The number of nitrogens with zero attached hydrogens (tertiary/aromatic N) is 1. The summed E-state index contributed by atoms with van der Waals surface area (Å²) in [5.41, 5.74) is 0. The molecule has 3 N–H and O–H groups in total. The number of urea groups is 1. The average molecular weight is 273 g/mol. The lowest BCUT2D eigenvalue weighted by Gasteiger charge is -2.24. The molecule has 0 radical (unpaired) electrons. The van der Waals surface area contributed by atoms with Gasteiger partial charge in [0.05, 0.1) is 6.61 Å². The fourth-order valence-electron chi connectivity index (χ4n) is 2.10. The van der Waals surface area contributed by atoms with E-state index in [2.05, 4.69) is 22.5 Å². The first-order valence-corrected chi connectivity index (χ1v) is 6.54. The molecule has 1 aliphatic rings. The van der Waals surface area contributed by atoms with Crippen molar-refractivity contribution in [3.8, 4) is 0 Å². The van der Waals surface area contributed by atoms with E-state index in [1.165, 1.54) is 20.0 Å². The van der Waals surface area contributed by atoms with Crippen LogP contribution in [0.4, 0.5) is 4.79 Å². The predicted molar refractivity (Wildman–Crippen MR) is 70.1 cm³/mol. The summed E-state index contributed by atoms with van der Waals surface area (Å²) in [4.78, 5) is 24.7. The molecule has 0 aromatic heterocycles. The number of likely N-dealkylation sites (tertiary alicyclic amines) is 1. The molecule has 1 saturated heterocycles. The molecule has 1 fully saturated rings. The number of carboxylic acids is 1. The van der Waals surface area contributed by atoms with Crippen LogP contribution in [0.25, 0.3) is 0 Å². The molecule has 0 aliphatic carbocycles. The van der Waals surface area contributed by atoms with Crippen molar-refractivity contribution in [2.24, 2.45) is 0 Å². The van der Waals surface area contributed by atoms with E-state index in [0.29, 0.717) is 6.54 Å². The van der Waals surface area contributed by atoms with Gasteiger partial charge in [-0.15, -0.1) is 0 Å². The van der Waals surface area contributed by atoms with Crippen LogP contribution in [0, 0.1) is 0 Å². The lowest BCUT2D eigenvalue weighted by molar-refractivity contribution is -0.140. The van der Waals surface area contributed by atoms with Crippen molar-refractivity contribution >= 4 is 12.0 Å². The van der Waals surface area contributed by atoms with Gasteiger partial charge in [-0.05, 0) is 32.9 Å². The minimum absolute atomic E-state index is 0.0512. The van der Waals surface area contributed by atoms with Crippen molar-refractivity contribution in [3.63, 3.8) is 0 Å². The average Bonchev–Trinajstić information content (AvgIpc) is 2.89. The molecule has 19 heavy (non-hydrogen) atoms. The van der Waals surface area contributed by atoms with Crippen LogP contribution in [0.1, 0.15) is 19.8 Å². The lowest BCUT2D eigenvalue weighted by atomic mass is 10.3. The Morgan fingerprint density at radius 1 is 1.37 bits per heavy atom. The van der Waals surface area contributed by atoms with Gasteiger partial charge in [-0.1, -0.05) is 0 Å². The molecule has 1 rings (SSSR count). The highest BCUT2D eigenvalue weighted by Crippen LogP contribution is 2.10. The predicted octanol–water partition coefficient (Wildman–Crippen LogP) is -0.130. The number of amides is 2. The highest BCUT2D eigenvalue weighted by molar-refractivity contribution is 5.82. The Labute approximate surface area is 113 Å². The maximum atomic E-state index is 11.6. The van der Waals surface area contributed by atoms with Gasteiger partial charge in [0.25, 0.3) is 0 Å². The van der Waals surface area contributed by atoms with Crippen molar-refractivity contribution in [2.75, 3.05) is 33.4 Å². The van der Waals surface area contributed by atoms with E-state index in [9.17, 15) is 9.59 Å². The van der Waals surface area contributed by atoms with Crippen LogP contribution in [-0.2, 0) is 9.53 Å². The van der Waals surface area contributed by atoms with E-state index in [0.717, 1.165) is 13.1 Å². The first-order valence-electron chi connectivity index (χ1n) is 6.54. The van der Waals surface area contributed by atoms with Gasteiger partial charge < -0.3 is 20.5 Å². The number of ether oxygens (including phenoxy) is 1. The number of methoxy groups -OCH3 is 1. The monoisotopic (exact) mass is 273 g/mol. The number of nitrogens with one attached hydrogen (secondary N) is 2. The van der Waals surface area contributed by atoms with Gasteiger partial charge in [-0.3, -0.25) is 4.90 Å². The second-order valence-electron chi connectivity index (χ2n) is 4.79. The number of hydrogen-bond donors (Lipinski definition) is 3. The zero-order chi connectivity index (χ0) is 14.3. The van der Waals surface area contributed by atoms with Crippen molar-refractivity contribution in [1.82, 2.24) is 15.5 Å². The molecule has 7 nitrogen and oxygen atoms in total. The van der Waals surface area contributed by atoms with E-state index < -0.39 is 18.0 Å². The number of rotatable bonds is 7. The van der Waals surface area contributed by atoms with E-state index in [-0.39, 0.29) is 12.6 Å². The molecule has 1 heterocycles. The molecule has 1 aliphatic heterocycles. The summed E-state index contributed by atoms with van der Waals surface area (Å²) in [5, 5.41) is 13.9. The van der Waals surface area contributed by atoms with Crippen LogP contribution in [-0.4, -0.2) is 67.4 Å². The third-order valence-corrected chi connectivity index (χ3v) is 3.26. The maximum absolute atomic E-state index is 11.6. The molecule has 0 spiro atoms. The normalized spacial score (nSPS) is 18.8. The lowest BCUT2D eigenvalue weighted by Crippen LogP contribution is -2.50. The highest BCUT2D eigenvalue weighted by atomic mass is 16.5. The molecule has 0 bridgehead atoms. The van der Waals surface area contributed by atoms with E-state index in [1.807, 2.05) is 0 Å². The zero-order valence-corrected chi connectivity index (χ0v) is 11.5. The largest absolute Gasteiger partial charge is 0.480 e. The fourth-order valence-corrected chi connectivity index (χ4v) is 2.10. The molecule has 2 atom stereocenters. The number of carbonyl (C=O) groups excluding carboxylic acids is 1. The van der Waals surface area contributed by atoms with Crippen LogP contribution in [0.5, 0.6) is 0 Å². The van der Waals surface area contributed by atoms with Crippen LogP contribution >= 0.6 is 0 Å². The first-order chi connectivity index (χ1) is 9.04. The maximum Gasteiger partial charge on any atom is 0.328 e. The zero-order valence-electron chi connectivity index (χ0n) is 11.5. The first kappa shape index (κ1) is 15.7. The molecular weight excluding hydrogens is 250 g/mol. The molecule has 0 saturated carbocycles. The number of hydrogen-bond acceptors (Lipinski definition) is 4.